The summed E-state index contributed by atoms with van der Waals surface area (Å²) < 4.78 is 5.97. The first-order valence-electron chi connectivity index (χ1n) is 8.91. The van der Waals surface area contributed by atoms with Crippen molar-refractivity contribution in [1.82, 2.24) is 10.2 Å². The minimum Gasteiger partial charge on any atom is -0.485 e. The lowest BCUT2D eigenvalue weighted by molar-refractivity contribution is 0.102. The van der Waals surface area contributed by atoms with Gasteiger partial charge in [0.1, 0.15) is 17.4 Å². The van der Waals surface area contributed by atoms with Crippen LogP contribution in [0.25, 0.3) is 10.8 Å². The lowest BCUT2D eigenvalue weighted by Crippen LogP contribution is -2.14. The highest BCUT2D eigenvalue weighted by atomic mass is 32.1. The van der Waals surface area contributed by atoms with Gasteiger partial charge in [0, 0.05) is 5.69 Å². The second kappa shape index (κ2) is 7.78. The number of nitrogens with zero attached hydrogens (tertiary/aromatic N) is 2. The van der Waals surface area contributed by atoms with Gasteiger partial charge in [-0.2, -0.15) is 0 Å². The van der Waals surface area contributed by atoms with Crippen molar-refractivity contribution in [3.63, 3.8) is 0 Å². The van der Waals surface area contributed by atoms with E-state index in [0.717, 1.165) is 32.0 Å². The summed E-state index contributed by atoms with van der Waals surface area (Å²) in [6.45, 7) is 4.18. The standard InChI is InChI=1S/C22H19N3O2S/c1-14-7-9-18(10-8-14)23-22(26)19-11-16-5-3-4-6-17(16)12-20(19)27-13-21-25-24-15(2)28-21/h3-12H,13H2,1-2H3,(H,23,26). The van der Waals surface area contributed by atoms with Crippen LogP contribution >= 0.6 is 11.3 Å². The minimum atomic E-state index is -0.210. The second-order valence-corrected chi connectivity index (χ2v) is 7.79. The van der Waals surface area contributed by atoms with E-state index in [0.29, 0.717) is 11.3 Å². The zero-order valence-electron chi connectivity index (χ0n) is 15.6. The van der Waals surface area contributed by atoms with E-state index in [1.54, 1.807) is 0 Å². The van der Waals surface area contributed by atoms with Crippen LogP contribution < -0.4 is 10.1 Å². The van der Waals surface area contributed by atoms with Crippen molar-refractivity contribution in [2.75, 3.05) is 5.32 Å². The van der Waals surface area contributed by atoms with Crippen molar-refractivity contribution in [1.29, 1.82) is 0 Å². The monoisotopic (exact) mass is 389 g/mol. The molecule has 4 aromatic rings. The van der Waals surface area contributed by atoms with Gasteiger partial charge < -0.3 is 10.1 Å². The average Bonchev–Trinajstić information content (AvgIpc) is 3.12. The van der Waals surface area contributed by atoms with Gasteiger partial charge in [-0.3, -0.25) is 4.79 Å². The molecule has 6 heteroatoms. The summed E-state index contributed by atoms with van der Waals surface area (Å²) >= 11 is 1.48. The number of amides is 1. The molecule has 1 amide bonds. The van der Waals surface area contributed by atoms with Crippen LogP contribution in [0.2, 0.25) is 0 Å². The molecule has 3 aromatic carbocycles. The molecule has 0 saturated carbocycles. The van der Waals surface area contributed by atoms with Crippen molar-refractivity contribution >= 4 is 33.7 Å². The van der Waals surface area contributed by atoms with E-state index in [9.17, 15) is 4.79 Å². The number of aryl methyl sites for hydroxylation is 2. The largest absolute Gasteiger partial charge is 0.485 e. The maximum atomic E-state index is 13.0. The molecular weight excluding hydrogens is 370 g/mol. The van der Waals surface area contributed by atoms with Gasteiger partial charge in [0.05, 0.1) is 5.56 Å². The second-order valence-electron chi connectivity index (χ2n) is 6.52. The number of aromatic nitrogens is 2. The Hall–Kier alpha value is -3.25. The van der Waals surface area contributed by atoms with Crippen molar-refractivity contribution in [3.05, 3.63) is 81.8 Å². The Balaban J connectivity index is 1.65. The van der Waals surface area contributed by atoms with Gasteiger partial charge in [-0.15, -0.1) is 10.2 Å². The third-order valence-electron chi connectivity index (χ3n) is 4.32. The fraction of sp³-hybridized carbons (Fsp3) is 0.136. The Kier molecular flexibility index (Phi) is 5.04. The summed E-state index contributed by atoms with van der Waals surface area (Å²) in [6, 6.07) is 19.4. The van der Waals surface area contributed by atoms with Gasteiger partial charge in [-0.1, -0.05) is 53.3 Å². The molecule has 0 aliphatic carbocycles. The number of benzene rings is 3. The van der Waals surface area contributed by atoms with E-state index in [2.05, 4.69) is 15.5 Å². The molecule has 1 N–H and O–H groups in total. The van der Waals surface area contributed by atoms with Gasteiger partial charge in [0.2, 0.25) is 0 Å². The molecule has 0 saturated heterocycles. The molecule has 0 aliphatic rings. The average molecular weight is 389 g/mol. The van der Waals surface area contributed by atoms with E-state index in [1.165, 1.54) is 11.3 Å². The highest BCUT2D eigenvalue weighted by molar-refractivity contribution is 7.11. The third kappa shape index (κ3) is 4.02. The smallest absolute Gasteiger partial charge is 0.259 e. The first-order valence-corrected chi connectivity index (χ1v) is 9.73. The molecule has 1 aromatic heterocycles. The van der Waals surface area contributed by atoms with Gasteiger partial charge in [0.15, 0.2) is 5.01 Å². The number of ether oxygens (including phenoxy) is 1. The maximum absolute atomic E-state index is 13.0. The van der Waals surface area contributed by atoms with E-state index in [1.807, 2.05) is 74.5 Å². The molecular formula is C22H19N3O2S. The van der Waals surface area contributed by atoms with E-state index in [4.69, 9.17) is 4.74 Å². The first-order chi connectivity index (χ1) is 13.6. The Morgan fingerprint density at radius 2 is 1.71 bits per heavy atom. The number of anilines is 1. The first kappa shape index (κ1) is 18.1. The Morgan fingerprint density at radius 1 is 1.00 bits per heavy atom. The number of hydrogen-bond donors (Lipinski definition) is 1. The van der Waals surface area contributed by atoms with Crippen LogP contribution in [-0.2, 0) is 6.61 Å². The summed E-state index contributed by atoms with van der Waals surface area (Å²) in [5.74, 6) is 0.314. The fourth-order valence-electron chi connectivity index (χ4n) is 2.89. The van der Waals surface area contributed by atoms with Crippen LogP contribution in [0, 0.1) is 13.8 Å². The van der Waals surface area contributed by atoms with E-state index >= 15 is 0 Å². The number of carbonyl (C=O) groups excluding carboxylic acids is 1. The molecule has 0 spiro atoms. The van der Waals surface area contributed by atoms with Crippen molar-refractivity contribution in [2.24, 2.45) is 0 Å². The van der Waals surface area contributed by atoms with Crippen molar-refractivity contribution in [2.45, 2.75) is 20.5 Å². The number of carbonyl (C=O) groups is 1. The molecule has 0 aliphatic heterocycles. The third-order valence-corrected chi connectivity index (χ3v) is 5.13. The summed E-state index contributed by atoms with van der Waals surface area (Å²) in [5, 5.41) is 14.7. The SMILES string of the molecule is Cc1ccc(NC(=O)c2cc3ccccc3cc2OCc2nnc(C)s2)cc1. The molecule has 5 nitrogen and oxygen atoms in total. The number of hydrogen-bond acceptors (Lipinski definition) is 5. The number of rotatable bonds is 5. The van der Waals surface area contributed by atoms with Crippen LogP contribution in [0.4, 0.5) is 5.69 Å². The van der Waals surface area contributed by atoms with Gasteiger partial charge in [0.25, 0.3) is 5.91 Å². The Labute approximate surface area is 167 Å². The van der Waals surface area contributed by atoms with E-state index in [-0.39, 0.29) is 12.5 Å². The normalized spacial score (nSPS) is 10.8. The van der Waals surface area contributed by atoms with E-state index < -0.39 is 0 Å². The van der Waals surface area contributed by atoms with Crippen LogP contribution in [0.15, 0.2) is 60.7 Å². The summed E-state index contributed by atoms with van der Waals surface area (Å²) in [5.41, 5.74) is 2.37. The Bertz CT molecular complexity index is 1140. The molecule has 0 unspecified atom stereocenters. The molecule has 28 heavy (non-hydrogen) atoms. The van der Waals surface area contributed by atoms with Crippen LogP contribution in [0.5, 0.6) is 5.75 Å². The summed E-state index contributed by atoms with van der Waals surface area (Å²) in [6.07, 6.45) is 0. The molecule has 0 fully saturated rings. The zero-order chi connectivity index (χ0) is 19.5. The highest BCUT2D eigenvalue weighted by Gasteiger charge is 2.15. The summed E-state index contributed by atoms with van der Waals surface area (Å²) in [4.78, 5) is 13.0. The summed E-state index contributed by atoms with van der Waals surface area (Å²) in [7, 11) is 0. The molecule has 0 bridgehead atoms. The van der Waals surface area contributed by atoms with Gasteiger partial charge in [-0.25, -0.2) is 0 Å². The lowest BCUT2D eigenvalue weighted by atomic mass is 10.1. The van der Waals surface area contributed by atoms with Crippen molar-refractivity contribution in [3.8, 4) is 5.75 Å². The zero-order valence-corrected chi connectivity index (χ0v) is 16.4. The van der Waals surface area contributed by atoms with Crippen LogP contribution in [-0.4, -0.2) is 16.1 Å². The molecule has 4 rings (SSSR count). The lowest BCUT2D eigenvalue weighted by Gasteiger charge is -2.13. The van der Waals surface area contributed by atoms with Crippen molar-refractivity contribution < 1.29 is 9.53 Å². The predicted molar refractivity (Wildman–Crippen MR) is 112 cm³/mol. The number of nitrogens with one attached hydrogen (secondary N) is 1. The van der Waals surface area contributed by atoms with Gasteiger partial charge in [-0.05, 0) is 48.9 Å². The van der Waals surface area contributed by atoms with Gasteiger partial charge >= 0.3 is 0 Å². The van der Waals surface area contributed by atoms with Crippen LogP contribution in [0.1, 0.15) is 25.9 Å². The quantitative estimate of drug-likeness (QED) is 0.513. The minimum absolute atomic E-state index is 0.210. The molecule has 0 radical (unpaired) electrons. The Morgan fingerprint density at radius 3 is 2.39 bits per heavy atom. The molecule has 140 valence electrons. The highest BCUT2D eigenvalue weighted by Crippen LogP contribution is 2.28. The number of fused-ring (bicyclic) bond motifs is 1. The molecule has 0 atom stereocenters. The fourth-order valence-corrected chi connectivity index (χ4v) is 3.51. The predicted octanol–water partition coefficient (Wildman–Crippen LogP) is 5.14. The topological polar surface area (TPSA) is 64.1 Å². The van der Waals surface area contributed by atoms with Crippen LogP contribution in [0.3, 0.4) is 0 Å². The molecule has 1 heterocycles. The maximum Gasteiger partial charge on any atom is 0.259 e.